The second kappa shape index (κ2) is 5.09. The van der Waals surface area contributed by atoms with Gasteiger partial charge in [0, 0.05) is 5.39 Å². The standard InChI is InChI=1S/C18H17NO2/c1-12-8-13(2)10-15(9-12)16-11-14-6-4-5-7-17(14)19(21-3)18(16)20/h4-11H,1-3H3. The van der Waals surface area contributed by atoms with Crippen LogP contribution in [0.4, 0.5) is 0 Å². The molecule has 0 atom stereocenters. The maximum atomic E-state index is 12.7. The number of hydrogen-bond donors (Lipinski definition) is 0. The predicted octanol–water partition coefficient (Wildman–Crippen LogP) is 3.34. The number of hydrogen-bond acceptors (Lipinski definition) is 2. The van der Waals surface area contributed by atoms with E-state index in [0.29, 0.717) is 5.56 Å². The zero-order valence-corrected chi connectivity index (χ0v) is 12.4. The molecular weight excluding hydrogens is 262 g/mol. The van der Waals surface area contributed by atoms with Crippen molar-refractivity contribution in [3.8, 4) is 11.1 Å². The van der Waals surface area contributed by atoms with Gasteiger partial charge >= 0.3 is 0 Å². The fourth-order valence-corrected chi connectivity index (χ4v) is 2.75. The molecule has 0 saturated carbocycles. The molecule has 106 valence electrons. The summed E-state index contributed by atoms with van der Waals surface area (Å²) in [5.41, 5.74) is 4.50. The van der Waals surface area contributed by atoms with E-state index in [1.807, 2.05) is 56.3 Å². The van der Waals surface area contributed by atoms with E-state index < -0.39 is 0 Å². The van der Waals surface area contributed by atoms with Gasteiger partial charge in [-0.3, -0.25) is 4.79 Å². The monoisotopic (exact) mass is 279 g/mol. The zero-order chi connectivity index (χ0) is 15.0. The largest absolute Gasteiger partial charge is 0.413 e. The van der Waals surface area contributed by atoms with Gasteiger partial charge in [-0.2, -0.15) is 0 Å². The second-order valence-electron chi connectivity index (χ2n) is 5.28. The average Bonchev–Trinajstić information content (AvgIpc) is 2.45. The average molecular weight is 279 g/mol. The number of pyridine rings is 1. The van der Waals surface area contributed by atoms with Crippen LogP contribution in [0.15, 0.2) is 53.3 Å². The van der Waals surface area contributed by atoms with Gasteiger partial charge < -0.3 is 4.84 Å². The smallest absolute Gasteiger partial charge is 0.291 e. The summed E-state index contributed by atoms with van der Waals surface area (Å²) in [5, 5.41) is 0.980. The molecule has 0 aliphatic rings. The van der Waals surface area contributed by atoms with Crippen LogP contribution in [-0.2, 0) is 0 Å². The lowest BCUT2D eigenvalue weighted by molar-refractivity contribution is 0.170. The molecule has 3 heteroatoms. The molecule has 3 aromatic rings. The molecule has 2 aromatic carbocycles. The number of para-hydroxylation sites is 1. The lowest BCUT2D eigenvalue weighted by Gasteiger charge is -2.12. The zero-order valence-electron chi connectivity index (χ0n) is 12.4. The van der Waals surface area contributed by atoms with Gasteiger partial charge in [0.15, 0.2) is 0 Å². The Kier molecular flexibility index (Phi) is 3.26. The summed E-state index contributed by atoms with van der Waals surface area (Å²) in [7, 11) is 1.51. The third-order valence-corrected chi connectivity index (χ3v) is 3.59. The Labute approximate surface area is 123 Å². The van der Waals surface area contributed by atoms with Crippen molar-refractivity contribution in [1.82, 2.24) is 4.73 Å². The molecule has 0 bridgehead atoms. The van der Waals surface area contributed by atoms with Crippen molar-refractivity contribution in [3.63, 3.8) is 0 Å². The van der Waals surface area contributed by atoms with E-state index >= 15 is 0 Å². The fraction of sp³-hybridized carbons (Fsp3) is 0.167. The van der Waals surface area contributed by atoms with E-state index in [4.69, 9.17) is 4.84 Å². The third kappa shape index (κ3) is 2.31. The minimum atomic E-state index is -0.138. The first-order valence-corrected chi connectivity index (χ1v) is 6.88. The Morgan fingerprint density at radius 3 is 2.29 bits per heavy atom. The van der Waals surface area contributed by atoms with Gasteiger partial charge in [-0.15, -0.1) is 4.73 Å². The van der Waals surface area contributed by atoms with Crippen molar-refractivity contribution in [1.29, 1.82) is 0 Å². The molecule has 0 aliphatic carbocycles. The summed E-state index contributed by atoms with van der Waals surface area (Å²) in [6.07, 6.45) is 0. The van der Waals surface area contributed by atoms with Crippen LogP contribution in [-0.4, -0.2) is 11.8 Å². The van der Waals surface area contributed by atoms with Crippen LogP contribution in [0, 0.1) is 13.8 Å². The van der Waals surface area contributed by atoms with E-state index in [2.05, 4.69) is 6.07 Å². The first kappa shape index (κ1) is 13.4. The van der Waals surface area contributed by atoms with E-state index in [0.717, 1.165) is 27.6 Å². The molecule has 1 aromatic heterocycles. The SMILES string of the molecule is COn1c(=O)c(-c2cc(C)cc(C)c2)cc2ccccc21. The van der Waals surface area contributed by atoms with Crippen molar-refractivity contribution in [3.05, 3.63) is 70.0 Å². The van der Waals surface area contributed by atoms with Gasteiger partial charge in [0.05, 0.1) is 11.1 Å². The molecule has 3 rings (SSSR count). The molecule has 0 radical (unpaired) electrons. The molecule has 3 nitrogen and oxygen atoms in total. The van der Waals surface area contributed by atoms with Gasteiger partial charge in [0.1, 0.15) is 7.11 Å². The Balaban J connectivity index is 2.37. The molecule has 1 heterocycles. The summed E-state index contributed by atoms with van der Waals surface area (Å²) in [4.78, 5) is 18.0. The van der Waals surface area contributed by atoms with Crippen LogP contribution < -0.4 is 10.4 Å². The van der Waals surface area contributed by atoms with Gasteiger partial charge in [-0.25, -0.2) is 0 Å². The summed E-state index contributed by atoms with van der Waals surface area (Å²) >= 11 is 0. The maximum Gasteiger partial charge on any atom is 0.291 e. The molecule has 0 N–H and O–H groups in total. The van der Waals surface area contributed by atoms with Crippen LogP contribution >= 0.6 is 0 Å². The summed E-state index contributed by atoms with van der Waals surface area (Å²) in [6.45, 7) is 4.07. The topological polar surface area (TPSA) is 31.2 Å². The maximum absolute atomic E-state index is 12.7. The normalized spacial score (nSPS) is 10.8. The first-order chi connectivity index (χ1) is 10.1. The van der Waals surface area contributed by atoms with E-state index in [1.165, 1.54) is 11.8 Å². The molecule has 0 amide bonds. The first-order valence-electron chi connectivity index (χ1n) is 6.88. The highest BCUT2D eigenvalue weighted by atomic mass is 16.6. The molecule has 0 saturated heterocycles. The molecule has 0 unspecified atom stereocenters. The Morgan fingerprint density at radius 2 is 1.62 bits per heavy atom. The number of benzene rings is 2. The number of nitrogens with zero attached hydrogens (tertiary/aromatic N) is 1. The summed E-state index contributed by atoms with van der Waals surface area (Å²) < 4.78 is 1.35. The van der Waals surface area contributed by atoms with Crippen LogP contribution in [0.5, 0.6) is 0 Å². The molecular formula is C18H17NO2. The molecule has 0 aliphatic heterocycles. The molecule has 0 spiro atoms. The summed E-state index contributed by atoms with van der Waals surface area (Å²) in [5.74, 6) is 0. The third-order valence-electron chi connectivity index (χ3n) is 3.59. The van der Waals surface area contributed by atoms with E-state index in [9.17, 15) is 4.79 Å². The van der Waals surface area contributed by atoms with Crippen molar-refractivity contribution in [2.24, 2.45) is 0 Å². The second-order valence-corrected chi connectivity index (χ2v) is 5.28. The van der Waals surface area contributed by atoms with Crippen molar-refractivity contribution < 1.29 is 4.84 Å². The Bertz CT molecular complexity index is 858. The van der Waals surface area contributed by atoms with Gasteiger partial charge in [-0.05, 0) is 31.5 Å². The van der Waals surface area contributed by atoms with Crippen molar-refractivity contribution in [2.45, 2.75) is 13.8 Å². The Morgan fingerprint density at radius 1 is 0.952 bits per heavy atom. The van der Waals surface area contributed by atoms with Gasteiger partial charge in [0.2, 0.25) is 0 Å². The van der Waals surface area contributed by atoms with Crippen LogP contribution in [0.1, 0.15) is 11.1 Å². The van der Waals surface area contributed by atoms with Crippen molar-refractivity contribution >= 4 is 10.9 Å². The minimum Gasteiger partial charge on any atom is -0.413 e. The highest BCUT2D eigenvalue weighted by molar-refractivity contribution is 5.84. The minimum absolute atomic E-state index is 0.138. The highest BCUT2D eigenvalue weighted by Crippen LogP contribution is 2.22. The number of aryl methyl sites for hydroxylation is 2. The van der Waals surface area contributed by atoms with E-state index in [1.54, 1.807) is 0 Å². The lowest BCUT2D eigenvalue weighted by atomic mass is 10.0. The van der Waals surface area contributed by atoms with E-state index in [-0.39, 0.29) is 5.56 Å². The Hall–Kier alpha value is -2.55. The fourth-order valence-electron chi connectivity index (χ4n) is 2.75. The van der Waals surface area contributed by atoms with Crippen LogP contribution in [0.25, 0.3) is 22.0 Å². The van der Waals surface area contributed by atoms with Crippen LogP contribution in [0.3, 0.4) is 0 Å². The summed E-state index contributed by atoms with van der Waals surface area (Å²) in [6, 6.07) is 15.8. The highest BCUT2D eigenvalue weighted by Gasteiger charge is 2.11. The van der Waals surface area contributed by atoms with Crippen molar-refractivity contribution in [2.75, 3.05) is 7.11 Å². The van der Waals surface area contributed by atoms with Crippen LogP contribution in [0.2, 0.25) is 0 Å². The molecule has 0 fully saturated rings. The predicted molar refractivity (Wildman–Crippen MR) is 85.6 cm³/mol. The lowest BCUT2D eigenvalue weighted by Crippen LogP contribution is -2.26. The van der Waals surface area contributed by atoms with Gasteiger partial charge in [0.25, 0.3) is 5.56 Å². The molecule has 21 heavy (non-hydrogen) atoms. The number of aromatic nitrogens is 1. The quantitative estimate of drug-likeness (QED) is 0.720. The number of fused-ring (bicyclic) bond motifs is 1. The van der Waals surface area contributed by atoms with Gasteiger partial charge in [-0.1, -0.05) is 47.5 Å². The number of rotatable bonds is 2.